The highest BCUT2D eigenvalue weighted by molar-refractivity contribution is 7.12. The van der Waals surface area contributed by atoms with Crippen molar-refractivity contribution in [1.29, 1.82) is 0 Å². The van der Waals surface area contributed by atoms with Gasteiger partial charge in [0.1, 0.15) is 0 Å². The molecule has 31 heavy (non-hydrogen) atoms. The van der Waals surface area contributed by atoms with Gasteiger partial charge >= 0.3 is 5.97 Å². The van der Waals surface area contributed by atoms with E-state index in [0.717, 1.165) is 36.4 Å². The first-order valence-corrected chi connectivity index (χ1v) is 11.2. The largest absolute Gasteiger partial charge is 0.463 e. The third kappa shape index (κ3) is 7.34. The van der Waals surface area contributed by atoms with E-state index in [0.29, 0.717) is 18.8 Å². The van der Waals surface area contributed by atoms with Crippen molar-refractivity contribution in [3.8, 4) is 0 Å². The lowest BCUT2D eigenvalue weighted by atomic mass is 10.0. The van der Waals surface area contributed by atoms with Gasteiger partial charge in [0.15, 0.2) is 0 Å². The van der Waals surface area contributed by atoms with Crippen LogP contribution in [0.1, 0.15) is 35.0 Å². The van der Waals surface area contributed by atoms with Crippen molar-refractivity contribution >= 4 is 40.9 Å². The van der Waals surface area contributed by atoms with E-state index in [2.05, 4.69) is 15.5 Å². The molecule has 1 fully saturated rings. The molecular weight excluding hydrogens is 414 g/mol. The summed E-state index contributed by atoms with van der Waals surface area (Å²) in [6, 6.07) is 11.1. The van der Waals surface area contributed by atoms with Crippen LogP contribution in [0.5, 0.6) is 0 Å². The Morgan fingerprint density at radius 3 is 2.55 bits per heavy atom. The van der Waals surface area contributed by atoms with Crippen molar-refractivity contribution in [2.24, 2.45) is 0 Å². The number of benzene rings is 1. The summed E-state index contributed by atoms with van der Waals surface area (Å²) in [6.45, 7) is 3.95. The lowest BCUT2D eigenvalue weighted by Crippen LogP contribution is -2.46. The number of thiophene rings is 1. The number of hydrogen-bond donors (Lipinski definition) is 2. The molecule has 2 N–H and O–H groups in total. The van der Waals surface area contributed by atoms with Crippen molar-refractivity contribution in [2.45, 2.75) is 25.8 Å². The summed E-state index contributed by atoms with van der Waals surface area (Å²) < 4.78 is 4.85. The predicted octanol–water partition coefficient (Wildman–Crippen LogP) is 3.16. The molecule has 0 aliphatic carbocycles. The van der Waals surface area contributed by atoms with Crippen LogP contribution in [-0.4, -0.2) is 55.0 Å². The molecule has 0 spiro atoms. The quantitative estimate of drug-likeness (QED) is 0.485. The summed E-state index contributed by atoms with van der Waals surface area (Å²) >= 11 is 1.44. The van der Waals surface area contributed by atoms with Gasteiger partial charge in [-0.1, -0.05) is 18.2 Å². The zero-order valence-corrected chi connectivity index (χ0v) is 18.3. The van der Waals surface area contributed by atoms with E-state index in [1.54, 1.807) is 25.1 Å². The van der Waals surface area contributed by atoms with Crippen molar-refractivity contribution < 1.29 is 19.1 Å². The van der Waals surface area contributed by atoms with Crippen molar-refractivity contribution in [3.05, 3.63) is 58.3 Å². The number of ether oxygens (including phenoxy) is 1. The summed E-state index contributed by atoms with van der Waals surface area (Å²) in [6.07, 6.45) is 4.70. The zero-order valence-electron chi connectivity index (χ0n) is 17.5. The van der Waals surface area contributed by atoms with Gasteiger partial charge in [-0.3, -0.25) is 14.5 Å². The van der Waals surface area contributed by atoms with Crippen LogP contribution in [-0.2, 0) is 14.3 Å². The second-order valence-corrected chi connectivity index (χ2v) is 8.20. The molecule has 164 valence electrons. The molecule has 8 heteroatoms. The molecule has 0 unspecified atom stereocenters. The topological polar surface area (TPSA) is 87.7 Å². The number of esters is 1. The molecule has 1 saturated heterocycles. The fourth-order valence-electron chi connectivity index (χ4n) is 3.34. The molecule has 1 aliphatic rings. The smallest absolute Gasteiger partial charge is 0.330 e. The van der Waals surface area contributed by atoms with Gasteiger partial charge in [-0.2, -0.15) is 0 Å². The van der Waals surface area contributed by atoms with E-state index in [-0.39, 0.29) is 23.8 Å². The van der Waals surface area contributed by atoms with Crippen LogP contribution in [0, 0.1) is 0 Å². The number of carbonyl (C=O) groups excluding carboxylic acids is 3. The van der Waals surface area contributed by atoms with Gasteiger partial charge in [0.25, 0.3) is 5.91 Å². The Hall–Kier alpha value is -2.97. The molecule has 1 aliphatic heterocycles. The Morgan fingerprint density at radius 2 is 1.90 bits per heavy atom. The van der Waals surface area contributed by atoms with Gasteiger partial charge < -0.3 is 15.4 Å². The van der Waals surface area contributed by atoms with Crippen molar-refractivity contribution in [1.82, 2.24) is 10.2 Å². The first-order valence-electron chi connectivity index (χ1n) is 10.3. The first-order chi connectivity index (χ1) is 15.0. The summed E-state index contributed by atoms with van der Waals surface area (Å²) in [5.74, 6) is -0.475. The van der Waals surface area contributed by atoms with E-state index in [1.165, 1.54) is 17.4 Å². The standard InChI is InChI=1S/C23H27N3O4S/c1-2-30-22(28)10-7-17-5-8-18(9-6-17)24-21(27)16-26-13-11-19(12-14-26)25-23(29)20-4-3-15-31-20/h3-10,15,19H,2,11-14,16H2,1H3,(H,24,27)(H,25,29). The average Bonchev–Trinajstić information content (AvgIpc) is 3.30. The van der Waals surface area contributed by atoms with Gasteiger partial charge in [-0.05, 0) is 55.0 Å². The number of rotatable bonds is 8. The third-order valence-corrected chi connectivity index (χ3v) is 5.80. The second-order valence-electron chi connectivity index (χ2n) is 7.26. The summed E-state index contributed by atoms with van der Waals surface area (Å²) in [4.78, 5) is 38.7. The molecule has 0 radical (unpaired) electrons. The lowest BCUT2D eigenvalue weighted by Gasteiger charge is -2.31. The first kappa shape index (κ1) is 22.7. The van der Waals surface area contributed by atoms with Crippen LogP contribution >= 0.6 is 11.3 Å². The van der Waals surface area contributed by atoms with Crippen LogP contribution in [0.15, 0.2) is 47.9 Å². The van der Waals surface area contributed by atoms with Crippen molar-refractivity contribution in [3.63, 3.8) is 0 Å². The number of nitrogens with one attached hydrogen (secondary N) is 2. The molecule has 1 aromatic heterocycles. The Morgan fingerprint density at radius 1 is 1.16 bits per heavy atom. The van der Waals surface area contributed by atoms with Gasteiger partial charge in [0.05, 0.1) is 18.0 Å². The second kappa shape index (κ2) is 11.4. The lowest BCUT2D eigenvalue weighted by molar-refractivity contribution is -0.137. The molecular formula is C23H27N3O4S. The fraction of sp³-hybridized carbons (Fsp3) is 0.348. The Kier molecular flexibility index (Phi) is 8.37. The highest BCUT2D eigenvalue weighted by Gasteiger charge is 2.22. The van der Waals surface area contributed by atoms with Crippen LogP contribution in [0.2, 0.25) is 0 Å². The molecule has 2 heterocycles. The molecule has 0 atom stereocenters. The van der Waals surface area contributed by atoms with Crippen LogP contribution in [0.4, 0.5) is 5.69 Å². The maximum absolute atomic E-state index is 12.4. The highest BCUT2D eigenvalue weighted by Crippen LogP contribution is 2.15. The molecule has 0 saturated carbocycles. The number of amides is 2. The van der Waals surface area contributed by atoms with E-state index >= 15 is 0 Å². The summed E-state index contributed by atoms with van der Waals surface area (Å²) in [7, 11) is 0. The predicted molar refractivity (Wildman–Crippen MR) is 122 cm³/mol. The van der Waals surface area contributed by atoms with Gasteiger partial charge in [-0.15, -0.1) is 11.3 Å². The monoisotopic (exact) mass is 441 g/mol. The Labute approximate surface area is 186 Å². The molecule has 7 nitrogen and oxygen atoms in total. The van der Waals surface area contributed by atoms with E-state index in [9.17, 15) is 14.4 Å². The number of likely N-dealkylation sites (tertiary alicyclic amines) is 1. The normalized spacial score (nSPS) is 15.0. The van der Waals surface area contributed by atoms with Crippen LogP contribution < -0.4 is 10.6 Å². The van der Waals surface area contributed by atoms with Gasteiger partial charge in [0, 0.05) is 30.9 Å². The van der Waals surface area contributed by atoms with E-state index in [4.69, 9.17) is 4.74 Å². The summed E-state index contributed by atoms with van der Waals surface area (Å²) in [5, 5.41) is 7.87. The van der Waals surface area contributed by atoms with E-state index in [1.807, 2.05) is 29.6 Å². The van der Waals surface area contributed by atoms with Crippen LogP contribution in [0.25, 0.3) is 6.08 Å². The Balaban J connectivity index is 1.39. The maximum Gasteiger partial charge on any atom is 0.330 e. The number of carbonyl (C=O) groups is 3. The highest BCUT2D eigenvalue weighted by atomic mass is 32.1. The fourth-order valence-corrected chi connectivity index (χ4v) is 3.96. The molecule has 1 aromatic carbocycles. The number of piperidine rings is 1. The minimum atomic E-state index is -0.380. The third-order valence-electron chi connectivity index (χ3n) is 4.93. The molecule has 2 aromatic rings. The number of anilines is 1. The SMILES string of the molecule is CCOC(=O)C=Cc1ccc(NC(=O)CN2CCC(NC(=O)c3cccs3)CC2)cc1. The van der Waals surface area contributed by atoms with E-state index < -0.39 is 0 Å². The van der Waals surface area contributed by atoms with Crippen molar-refractivity contribution in [2.75, 3.05) is 31.6 Å². The zero-order chi connectivity index (χ0) is 22.1. The average molecular weight is 442 g/mol. The number of hydrogen-bond acceptors (Lipinski definition) is 6. The number of nitrogens with zero attached hydrogens (tertiary/aromatic N) is 1. The molecule has 2 amide bonds. The van der Waals surface area contributed by atoms with Gasteiger partial charge in [0.2, 0.25) is 5.91 Å². The van der Waals surface area contributed by atoms with Crippen LogP contribution in [0.3, 0.4) is 0 Å². The van der Waals surface area contributed by atoms with Gasteiger partial charge in [-0.25, -0.2) is 4.79 Å². The minimum Gasteiger partial charge on any atom is -0.463 e. The molecule has 0 bridgehead atoms. The summed E-state index contributed by atoms with van der Waals surface area (Å²) in [5.41, 5.74) is 1.55. The maximum atomic E-state index is 12.4. The molecule has 3 rings (SSSR count). The minimum absolute atomic E-state index is 0.0215. The Bertz CT molecular complexity index is 901.